The lowest BCUT2D eigenvalue weighted by Crippen LogP contribution is -2.40. The average Bonchev–Trinajstić information content (AvgIpc) is 3.18. The molecule has 0 spiro atoms. The summed E-state index contributed by atoms with van der Waals surface area (Å²) in [6, 6.07) is 14.3. The van der Waals surface area contributed by atoms with Crippen molar-refractivity contribution in [2.24, 2.45) is 0 Å². The number of benzene rings is 1. The summed E-state index contributed by atoms with van der Waals surface area (Å²) in [5.74, 6) is 1.54. The lowest BCUT2D eigenvalue weighted by atomic mass is 9.96. The summed E-state index contributed by atoms with van der Waals surface area (Å²) < 4.78 is 2.22. The maximum atomic E-state index is 12.7. The molecule has 4 rings (SSSR count). The highest BCUT2D eigenvalue weighted by Crippen LogP contribution is 2.26. The number of carbonyl (C=O) groups is 1. The van der Waals surface area contributed by atoms with Gasteiger partial charge in [0.1, 0.15) is 5.82 Å². The Labute approximate surface area is 159 Å². The van der Waals surface area contributed by atoms with Crippen molar-refractivity contribution in [1.29, 1.82) is 0 Å². The Bertz CT molecular complexity index is 876. The van der Waals surface area contributed by atoms with E-state index in [9.17, 15) is 4.79 Å². The zero-order chi connectivity index (χ0) is 18.5. The summed E-state index contributed by atoms with van der Waals surface area (Å²) in [6.07, 6.45) is 9.92. The van der Waals surface area contributed by atoms with Gasteiger partial charge >= 0.3 is 0 Å². The van der Waals surface area contributed by atoms with Crippen LogP contribution in [0.25, 0.3) is 0 Å². The van der Waals surface area contributed by atoms with E-state index in [1.54, 1.807) is 12.4 Å². The first kappa shape index (κ1) is 17.5. The molecule has 27 heavy (non-hydrogen) atoms. The maximum Gasteiger partial charge on any atom is 0.227 e. The Hall–Kier alpha value is -2.95. The highest BCUT2D eigenvalue weighted by atomic mass is 16.2. The van der Waals surface area contributed by atoms with E-state index in [-0.39, 0.29) is 11.8 Å². The average molecular weight is 360 g/mol. The van der Waals surface area contributed by atoms with E-state index in [4.69, 9.17) is 0 Å². The molecular weight excluding hydrogens is 336 g/mol. The highest BCUT2D eigenvalue weighted by Gasteiger charge is 2.27. The van der Waals surface area contributed by atoms with Gasteiger partial charge in [0.2, 0.25) is 5.91 Å². The minimum Gasteiger partial charge on any atom is -0.342 e. The fourth-order valence-electron chi connectivity index (χ4n) is 3.80. The van der Waals surface area contributed by atoms with Gasteiger partial charge in [-0.1, -0.05) is 36.4 Å². The number of piperidine rings is 1. The molecule has 1 fully saturated rings. The lowest BCUT2D eigenvalue weighted by molar-refractivity contribution is -0.131. The van der Waals surface area contributed by atoms with Crippen molar-refractivity contribution in [3.05, 3.63) is 84.2 Å². The summed E-state index contributed by atoms with van der Waals surface area (Å²) in [5.41, 5.74) is 2.23. The molecule has 0 aliphatic carbocycles. The first-order valence-electron chi connectivity index (χ1n) is 9.51. The summed E-state index contributed by atoms with van der Waals surface area (Å²) in [4.78, 5) is 23.5. The van der Waals surface area contributed by atoms with Crippen molar-refractivity contribution in [2.75, 3.05) is 13.1 Å². The molecule has 2 aromatic heterocycles. The monoisotopic (exact) mass is 360 g/mol. The van der Waals surface area contributed by atoms with E-state index in [1.165, 1.54) is 5.56 Å². The van der Waals surface area contributed by atoms with E-state index < -0.39 is 0 Å². The van der Waals surface area contributed by atoms with Crippen molar-refractivity contribution >= 4 is 5.91 Å². The van der Waals surface area contributed by atoms with Gasteiger partial charge in [-0.05, 0) is 30.0 Å². The van der Waals surface area contributed by atoms with Crippen molar-refractivity contribution < 1.29 is 4.79 Å². The van der Waals surface area contributed by atoms with E-state index >= 15 is 0 Å². The fraction of sp³-hybridized carbons (Fsp3) is 0.318. The van der Waals surface area contributed by atoms with Crippen LogP contribution in [0.15, 0.2) is 67.3 Å². The van der Waals surface area contributed by atoms with Gasteiger partial charge in [0.25, 0.3) is 0 Å². The molecule has 3 heterocycles. The first-order chi connectivity index (χ1) is 13.3. The molecule has 5 heteroatoms. The van der Waals surface area contributed by atoms with E-state index in [2.05, 4.69) is 38.8 Å². The number of rotatable bonds is 5. The molecule has 1 atom stereocenters. The second kappa shape index (κ2) is 8.16. The van der Waals surface area contributed by atoms with Crippen LogP contribution in [0.5, 0.6) is 0 Å². The minimum absolute atomic E-state index is 0.175. The number of nitrogens with zero attached hydrogens (tertiary/aromatic N) is 4. The Kier molecular flexibility index (Phi) is 5.28. The van der Waals surface area contributed by atoms with Crippen LogP contribution in [0, 0.1) is 0 Å². The van der Waals surface area contributed by atoms with E-state index in [1.807, 2.05) is 35.5 Å². The number of amides is 1. The Balaban J connectivity index is 1.44. The molecule has 1 saturated heterocycles. The van der Waals surface area contributed by atoms with Crippen LogP contribution in [0.1, 0.15) is 35.7 Å². The van der Waals surface area contributed by atoms with Gasteiger partial charge in [0, 0.05) is 50.3 Å². The Morgan fingerprint density at radius 1 is 1.07 bits per heavy atom. The highest BCUT2D eigenvalue weighted by molar-refractivity contribution is 5.78. The molecule has 1 aromatic carbocycles. The topological polar surface area (TPSA) is 51.0 Å². The second-order valence-corrected chi connectivity index (χ2v) is 7.12. The minimum atomic E-state index is 0.175. The number of likely N-dealkylation sites (tertiary alicyclic amines) is 1. The van der Waals surface area contributed by atoms with Crippen molar-refractivity contribution in [3.63, 3.8) is 0 Å². The largest absolute Gasteiger partial charge is 0.342 e. The fourth-order valence-corrected chi connectivity index (χ4v) is 3.80. The van der Waals surface area contributed by atoms with Gasteiger partial charge in [0.05, 0.1) is 6.42 Å². The quantitative estimate of drug-likeness (QED) is 0.702. The van der Waals surface area contributed by atoms with Crippen LogP contribution < -0.4 is 0 Å². The normalized spacial score (nSPS) is 17.0. The number of imidazole rings is 1. The van der Waals surface area contributed by atoms with Gasteiger partial charge in [-0.25, -0.2) is 4.98 Å². The summed E-state index contributed by atoms with van der Waals surface area (Å²) in [7, 11) is 0. The van der Waals surface area contributed by atoms with Crippen LogP contribution in [0.4, 0.5) is 0 Å². The zero-order valence-corrected chi connectivity index (χ0v) is 15.4. The van der Waals surface area contributed by atoms with Crippen molar-refractivity contribution in [1.82, 2.24) is 19.4 Å². The number of pyridine rings is 1. The molecule has 0 radical (unpaired) electrons. The van der Waals surface area contributed by atoms with E-state index in [0.29, 0.717) is 6.42 Å². The van der Waals surface area contributed by atoms with Gasteiger partial charge < -0.3 is 9.47 Å². The molecule has 138 valence electrons. The third-order valence-corrected chi connectivity index (χ3v) is 5.16. The molecule has 0 N–H and O–H groups in total. The third-order valence-electron chi connectivity index (χ3n) is 5.16. The van der Waals surface area contributed by atoms with Gasteiger partial charge in [-0.2, -0.15) is 0 Å². The van der Waals surface area contributed by atoms with Gasteiger partial charge in [0.15, 0.2) is 0 Å². The van der Waals surface area contributed by atoms with Crippen LogP contribution in [-0.2, 0) is 17.8 Å². The summed E-state index contributed by atoms with van der Waals surface area (Å²) >= 11 is 0. The molecular formula is C22H24N4O. The Morgan fingerprint density at radius 3 is 2.74 bits per heavy atom. The van der Waals surface area contributed by atoms with Crippen LogP contribution >= 0.6 is 0 Å². The molecule has 0 saturated carbocycles. The van der Waals surface area contributed by atoms with Gasteiger partial charge in [-0.15, -0.1) is 0 Å². The molecule has 1 unspecified atom stereocenters. The second-order valence-electron chi connectivity index (χ2n) is 7.12. The van der Waals surface area contributed by atoms with E-state index in [0.717, 1.165) is 43.9 Å². The predicted octanol–water partition coefficient (Wildman–Crippen LogP) is 3.28. The van der Waals surface area contributed by atoms with Crippen molar-refractivity contribution in [2.45, 2.75) is 31.7 Å². The van der Waals surface area contributed by atoms with Gasteiger partial charge in [-0.3, -0.25) is 9.78 Å². The summed E-state index contributed by atoms with van der Waals surface area (Å²) in [5, 5.41) is 0. The maximum absolute atomic E-state index is 12.7. The summed E-state index contributed by atoms with van der Waals surface area (Å²) in [6.45, 7) is 2.39. The molecule has 3 aromatic rings. The number of carbonyl (C=O) groups excluding carboxylic acids is 1. The SMILES string of the molecule is O=C(Cc1cccnc1)N1CCCC(c2nccn2Cc2ccccc2)C1. The Morgan fingerprint density at radius 2 is 1.93 bits per heavy atom. The lowest BCUT2D eigenvalue weighted by Gasteiger charge is -2.33. The first-order valence-corrected chi connectivity index (χ1v) is 9.51. The van der Waals surface area contributed by atoms with Crippen LogP contribution in [-0.4, -0.2) is 38.4 Å². The molecule has 5 nitrogen and oxygen atoms in total. The zero-order valence-electron chi connectivity index (χ0n) is 15.4. The number of aromatic nitrogens is 3. The number of hydrogen-bond donors (Lipinski definition) is 0. The standard InChI is InChI=1S/C22H24N4O/c27-21(14-19-8-4-10-23-15-19)25-12-5-9-20(17-25)22-24-11-13-26(22)16-18-6-2-1-3-7-18/h1-4,6-8,10-11,13,15,20H,5,9,12,14,16-17H2. The molecule has 1 aliphatic heterocycles. The van der Waals surface area contributed by atoms with Crippen molar-refractivity contribution in [3.8, 4) is 0 Å². The predicted molar refractivity (Wildman–Crippen MR) is 104 cm³/mol. The van der Waals surface area contributed by atoms with Crippen LogP contribution in [0.3, 0.4) is 0 Å². The molecule has 1 aliphatic rings. The molecule has 1 amide bonds. The third kappa shape index (κ3) is 4.25. The smallest absolute Gasteiger partial charge is 0.227 e. The molecule has 0 bridgehead atoms. The number of hydrogen-bond acceptors (Lipinski definition) is 3. The van der Waals surface area contributed by atoms with Crippen LogP contribution in [0.2, 0.25) is 0 Å².